The van der Waals surface area contributed by atoms with Crippen LogP contribution in [0.15, 0.2) is 30.3 Å². The summed E-state index contributed by atoms with van der Waals surface area (Å²) in [5, 5.41) is 8.10. The molecule has 3 heteroatoms. The fraction of sp³-hybridized carbons (Fsp3) is 0.400. The van der Waals surface area contributed by atoms with Crippen LogP contribution < -0.4 is 5.32 Å². The number of benzene rings is 1. The molecule has 0 aliphatic carbocycles. The predicted octanol–water partition coefficient (Wildman–Crippen LogP) is 2.74. The van der Waals surface area contributed by atoms with Crippen molar-refractivity contribution < 1.29 is 0 Å². The third-order valence-electron chi connectivity index (χ3n) is 3.21. The first-order chi connectivity index (χ1) is 8.61. The summed E-state index contributed by atoms with van der Waals surface area (Å²) in [4.78, 5) is 0. The fourth-order valence-electron chi connectivity index (χ4n) is 2.18. The molecule has 96 valence electrons. The van der Waals surface area contributed by atoms with Gasteiger partial charge in [0.25, 0.3) is 0 Å². The molecule has 18 heavy (non-hydrogen) atoms. The first-order valence-corrected chi connectivity index (χ1v) is 6.42. The van der Waals surface area contributed by atoms with Crippen LogP contribution in [0.5, 0.6) is 0 Å². The van der Waals surface area contributed by atoms with Crippen molar-refractivity contribution in [3.05, 3.63) is 52.8 Å². The van der Waals surface area contributed by atoms with Crippen molar-refractivity contribution in [2.45, 2.75) is 26.8 Å². The van der Waals surface area contributed by atoms with Crippen molar-refractivity contribution >= 4 is 0 Å². The molecule has 0 spiro atoms. The maximum Gasteiger partial charge on any atom is 0.0842 e. The summed E-state index contributed by atoms with van der Waals surface area (Å²) in [6.07, 6.45) is 0. The lowest BCUT2D eigenvalue weighted by Gasteiger charge is -2.16. The molecule has 0 aliphatic heterocycles. The van der Waals surface area contributed by atoms with Crippen molar-refractivity contribution in [3.8, 4) is 0 Å². The van der Waals surface area contributed by atoms with Gasteiger partial charge in [-0.05, 0) is 32.0 Å². The van der Waals surface area contributed by atoms with E-state index in [-0.39, 0.29) is 6.04 Å². The second-order valence-corrected chi connectivity index (χ2v) is 4.74. The highest BCUT2D eigenvalue weighted by molar-refractivity contribution is 5.31. The van der Waals surface area contributed by atoms with E-state index in [2.05, 4.69) is 61.5 Å². The fourth-order valence-corrected chi connectivity index (χ4v) is 2.18. The van der Waals surface area contributed by atoms with Gasteiger partial charge in [-0.2, -0.15) is 5.10 Å². The Bertz CT molecular complexity index is 509. The molecule has 0 saturated heterocycles. The number of hydrogen-bond acceptors (Lipinski definition) is 2. The molecular weight excluding hydrogens is 222 g/mol. The molecule has 2 aromatic rings. The zero-order valence-electron chi connectivity index (χ0n) is 11.6. The van der Waals surface area contributed by atoms with Gasteiger partial charge in [-0.25, -0.2) is 0 Å². The van der Waals surface area contributed by atoms with Crippen molar-refractivity contribution in [1.29, 1.82) is 0 Å². The second kappa shape index (κ2) is 5.36. The average Bonchev–Trinajstić information content (AvgIpc) is 2.66. The van der Waals surface area contributed by atoms with E-state index in [1.165, 1.54) is 16.8 Å². The summed E-state index contributed by atoms with van der Waals surface area (Å²) >= 11 is 0. The highest BCUT2D eigenvalue weighted by Gasteiger charge is 2.16. The summed E-state index contributed by atoms with van der Waals surface area (Å²) in [5.74, 6) is 0. The van der Waals surface area contributed by atoms with Gasteiger partial charge in [0.2, 0.25) is 0 Å². The van der Waals surface area contributed by atoms with Gasteiger partial charge in [-0.1, -0.05) is 36.8 Å². The van der Waals surface area contributed by atoms with Crippen molar-refractivity contribution in [2.24, 2.45) is 7.05 Å². The maximum absolute atomic E-state index is 4.59. The molecule has 0 aliphatic rings. The zero-order chi connectivity index (χ0) is 13.1. The Labute approximate surface area is 109 Å². The van der Waals surface area contributed by atoms with Crippen LogP contribution in [0.4, 0.5) is 0 Å². The van der Waals surface area contributed by atoms with E-state index >= 15 is 0 Å². The van der Waals surface area contributed by atoms with Crippen molar-refractivity contribution in [1.82, 2.24) is 15.1 Å². The van der Waals surface area contributed by atoms with Crippen LogP contribution in [-0.2, 0) is 7.05 Å². The van der Waals surface area contributed by atoms with Gasteiger partial charge in [0.15, 0.2) is 0 Å². The van der Waals surface area contributed by atoms with E-state index in [1.54, 1.807) is 0 Å². The molecule has 1 atom stereocenters. The minimum atomic E-state index is 0.176. The van der Waals surface area contributed by atoms with Crippen LogP contribution >= 0.6 is 0 Å². The van der Waals surface area contributed by atoms with E-state index in [9.17, 15) is 0 Å². The largest absolute Gasteiger partial charge is 0.305 e. The highest BCUT2D eigenvalue weighted by atomic mass is 15.3. The summed E-state index contributed by atoms with van der Waals surface area (Å²) in [7, 11) is 1.98. The Morgan fingerprint density at radius 3 is 2.61 bits per heavy atom. The van der Waals surface area contributed by atoms with Gasteiger partial charge in [0, 0.05) is 12.7 Å². The van der Waals surface area contributed by atoms with E-state index in [4.69, 9.17) is 0 Å². The summed E-state index contributed by atoms with van der Waals surface area (Å²) in [6.45, 7) is 7.25. The molecule has 3 nitrogen and oxygen atoms in total. The SMILES string of the molecule is CCNC(c1cccc(C)c1)c1cc(C)n(C)n1. The van der Waals surface area contributed by atoms with Crippen LogP contribution in [0.1, 0.15) is 35.5 Å². The van der Waals surface area contributed by atoms with E-state index in [0.717, 1.165) is 12.2 Å². The quantitative estimate of drug-likeness (QED) is 0.895. The summed E-state index contributed by atoms with van der Waals surface area (Å²) in [6, 6.07) is 10.9. The Hall–Kier alpha value is -1.61. The lowest BCUT2D eigenvalue weighted by molar-refractivity contribution is 0.598. The van der Waals surface area contributed by atoms with E-state index in [0.29, 0.717) is 0 Å². The molecular formula is C15H21N3. The molecule has 0 bridgehead atoms. The molecule has 1 N–H and O–H groups in total. The predicted molar refractivity (Wildman–Crippen MR) is 74.6 cm³/mol. The lowest BCUT2D eigenvalue weighted by Crippen LogP contribution is -2.22. The normalized spacial score (nSPS) is 12.7. The number of nitrogens with one attached hydrogen (secondary N) is 1. The van der Waals surface area contributed by atoms with Crippen LogP contribution in [0.3, 0.4) is 0 Å². The van der Waals surface area contributed by atoms with Gasteiger partial charge in [0.1, 0.15) is 0 Å². The Kier molecular flexibility index (Phi) is 3.82. The molecule has 1 aromatic carbocycles. The van der Waals surface area contributed by atoms with Crippen LogP contribution in [0.25, 0.3) is 0 Å². The first-order valence-electron chi connectivity index (χ1n) is 6.42. The molecule has 2 rings (SSSR count). The first kappa shape index (κ1) is 12.8. The summed E-state index contributed by atoms with van der Waals surface area (Å²) in [5.41, 5.74) is 4.82. The lowest BCUT2D eigenvalue weighted by atomic mass is 10.0. The Morgan fingerprint density at radius 2 is 2.06 bits per heavy atom. The van der Waals surface area contributed by atoms with Crippen molar-refractivity contribution in [3.63, 3.8) is 0 Å². The number of hydrogen-bond donors (Lipinski definition) is 1. The van der Waals surface area contributed by atoms with Gasteiger partial charge < -0.3 is 5.32 Å². The molecule has 0 amide bonds. The number of aryl methyl sites for hydroxylation is 3. The maximum atomic E-state index is 4.59. The zero-order valence-corrected chi connectivity index (χ0v) is 11.6. The van der Waals surface area contributed by atoms with Gasteiger partial charge in [-0.3, -0.25) is 4.68 Å². The highest BCUT2D eigenvalue weighted by Crippen LogP contribution is 2.22. The van der Waals surface area contributed by atoms with E-state index < -0.39 is 0 Å². The second-order valence-electron chi connectivity index (χ2n) is 4.74. The summed E-state index contributed by atoms with van der Waals surface area (Å²) < 4.78 is 1.93. The minimum Gasteiger partial charge on any atom is -0.305 e. The Balaban J connectivity index is 2.39. The average molecular weight is 243 g/mol. The Morgan fingerprint density at radius 1 is 1.28 bits per heavy atom. The molecule has 0 radical (unpaired) electrons. The minimum absolute atomic E-state index is 0.176. The van der Waals surface area contributed by atoms with Crippen LogP contribution in [0, 0.1) is 13.8 Å². The van der Waals surface area contributed by atoms with Crippen LogP contribution in [0.2, 0.25) is 0 Å². The molecule has 0 fully saturated rings. The standard InChI is InChI=1S/C15H21N3/c1-5-16-15(13-8-6-7-11(2)9-13)14-10-12(3)18(4)17-14/h6-10,15-16H,5H2,1-4H3. The van der Waals surface area contributed by atoms with Gasteiger partial charge in [0.05, 0.1) is 11.7 Å². The molecule has 1 aromatic heterocycles. The van der Waals surface area contributed by atoms with Crippen molar-refractivity contribution in [2.75, 3.05) is 6.54 Å². The number of rotatable bonds is 4. The third kappa shape index (κ3) is 2.62. The van der Waals surface area contributed by atoms with Crippen LogP contribution in [-0.4, -0.2) is 16.3 Å². The van der Waals surface area contributed by atoms with E-state index in [1.807, 2.05) is 11.7 Å². The smallest absolute Gasteiger partial charge is 0.0842 e. The number of nitrogens with zero attached hydrogens (tertiary/aromatic N) is 2. The van der Waals surface area contributed by atoms with Gasteiger partial charge in [-0.15, -0.1) is 0 Å². The molecule has 0 saturated carbocycles. The topological polar surface area (TPSA) is 29.9 Å². The third-order valence-corrected chi connectivity index (χ3v) is 3.21. The number of aromatic nitrogens is 2. The molecule has 1 heterocycles. The molecule has 1 unspecified atom stereocenters. The monoisotopic (exact) mass is 243 g/mol. The van der Waals surface area contributed by atoms with Gasteiger partial charge >= 0.3 is 0 Å².